The van der Waals surface area contributed by atoms with Crippen LogP contribution in [0, 0.1) is 0 Å². The van der Waals surface area contributed by atoms with Crippen LogP contribution in [0.2, 0.25) is 0 Å². The molecule has 0 saturated carbocycles. The van der Waals surface area contributed by atoms with Crippen molar-refractivity contribution in [2.45, 2.75) is 12.5 Å². The zero-order chi connectivity index (χ0) is 28.5. The van der Waals surface area contributed by atoms with E-state index in [9.17, 15) is 0 Å². The van der Waals surface area contributed by atoms with E-state index in [1.807, 2.05) is 60.9 Å². The highest BCUT2D eigenvalue weighted by Gasteiger charge is 2.27. The van der Waals surface area contributed by atoms with Crippen LogP contribution in [0.3, 0.4) is 0 Å². The topological polar surface area (TPSA) is 49.0 Å². The summed E-state index contributed by atoms with van der Waals surface area (Å²) in [5, 5.41) is 6.54. The molecule has 4 aliphatic heterocycles. The second kappa shape index (κ2) is 17.1. The molecule has 4 aromatic rings. The fraction of sp³-hybridized carbons (Fsp3) is 0.111. The van der Waals surface area contributed by atoms with Crippen molar-refractivity contribution in [1.29, 1.82) is 0 Å². The van der Waals surface area contributed by atoms with Gasteiger partial charge in [-0.05, 0) is 71.8 Å². The Balaban J connectivity index is 0.000000230. The largest absolute Gasteiger partial charge is 0.465 e. The maximum absolute atomic E-state index is 6.03. The number of ether oxygens (including phenoxy) is 2. The Kier molecular flexibility index (Phi) is 14.1. The lowest BCUT2D eigenvalue weighted by Crippen LogP contribution is -2.29. The van der Waals surface area contributed by atoms with Gasteiger partial charge in [-0.3, -0.25) is 0 Å². The standard InChI is InChI=1S/2C18H16N2O.4HI/c2*1-20-16-8-4-5-9-17(16)21-18(20)12-13-10-11-19-15-7-3-2-6-14(13)15;;;;/h2*2-12,18-19H,1H3;4*1H. The summed E-state index contributed by atoms with van der Waals surface area (Å²) in [7, 11) is 4.12. The molecule has 8 rings (SSSR count). The van der Waals surface area contributed by atoms with Crippen LogP contribution in [-0.2, 0) is 0 Å². The number of nitrogens with zero attached hydrogens (tertiary/aromatic N) is 2. The van der Waals surface area contributed by atoms with Gasteiger partial charge in [0.2, 0.25) is 0 Å². The second-order valence-electron chi connectivity index (χ2n) is 10.5. The molecule has 2 unspecified atom stereocenters. The van der Waals surface area contributed by atoms with Crippen LogP contribution in [0.4, 0.5) is 22.7 Å². The lowest BCUT2D eigenvalue weighted by molar-refractivity contribution is 0.280. The first-order valence-corrected chi connectivity index (χ1v) is 14.1. The number of para-hydroxylation sites is 6. The van der Waals surface area contributed by atoms with Crippen molar-refractivity contribution in [2.75, 3.05) is 34.5 Å². The first-order valence-electron chi connectivity index (χ1n) is 14.1. The summed E-state index contributed by atoms with van der Waals surface area (Å²) >= 11 is 0. The minimum absolute atomic E-state index is 0. The first kappa shape index (κ1) is 38.0. The molecule has 4 aromatic carbocycles. The molecule has 2 N–H and O–H groups in total. The van der Waals surface area contributed by atoms with Crippen LogP contribution in [0.1, 0.15) is 11.1 Å². The minimum Gasteiger partial charge on any atom is -0.465 e. The van der Waals surface area contributed by atoms with Gasteiger partial charge in [0.15, 0.2) is 12.5 Å². The summed E-state index contributed by atoms with van der Waals surface area (Å²) in [5.41, 5.74) is 9.27. The molecule has 0 aliphatic carbocycles. The van der Waals surface area contributed by atoms with E-state index in [1.165, 1.54) is 22.3 Å². The lowest BCUT2D eigenvalue weighted by atomic mass is 10.0. The SMILES string of the molecule is CN1c2ccccc2OC1C=C1C=CNc2ccccc21.CN1c2ccccc2OC1C=C1C=CNc2ccccc21.I.I.I.I. The molecule has 0 spiro atoms. The zero-order valence-corrected chi connectivity index (χ0v) is 34.5. The Hall–Kier alpha value is -2.44. The van der Waals surface area contributed by atoms with Crippen molar-refractivity contribution in [3.05, 3.63) is 145 Å². The van der Waals surface area contributed by atoms with Crippen molar-refractivity contribution < 1.29 is 9.47 Å². The van der Waals surface area contributed by atoms with Crippen LogP contribution in [0.5, 0.6) is 11.5 Å². The van der Waals surface area contributed by atoms with E-state index in [2.05, 4.69) is 107 Å². The summed E-state index contributed by atoms with van der Waals surface area (Å²) in [6, 6.07) is 32.9. The zero-order valence-electron chi connectivity index (χ0n) is 25.2. The summed E-state index contributed by atoms with van der Waals surface area (Å²) in [4.78, 5) is 4.31. The number of allylic oxidation sites excluding steroid dienone is 4. The van der Waals surface area contributed by atoms with E-state index >= 15 is 0 Å². The fourth-order valence-corrected chi connectivity index (χ4v) is 5.62. The quantitative estimate of drug-likeness (QED) is 0.195. The predicted molar refractivity (Wildman–Crippen MR) is 235 cm³/mol. The molecule has 240 valence electrons. The molecule has 4 aliphatic rings. The maximum Gasteiger partial charge on any atom is 0.192 e. The van der Waals surface area contributed by atoms with Gasteiger partial charge in [-0.15, -0.1) is 95.9 Å². The first-order chi connectivity index (χ1) is 20.7. The summed E-state index contributed by atoms with van der Waals surface area (Å²) in [6.07, 6.45) is 12.3. The van der Waals surface area contributed by atoms with Crippen LogP contribution in [0.15, 0.2) is 134 Å². The van der Waals surface area contributed by atoms with Gasteiger partial charge in [0.05, 0.1) is 11.4 Å². The van der Waals surface area contributed by atoms with Gasteiger partial charge in [0.1, 0.15) is 11.5 Å². The van der Waals surface area contributed by atoms with Gasteiger partial charge < -0.3 is 29.9 Å². The van der Waals surface area contributed by atoms with Gasteiger partial charge in [-0.25, -0.2) is 0 Å². The fourth-order valence-electron chi connectivity index (χ4n) is 5.62. The number of hydrogen-bond donors (Lipinski definition) is 2. The van der Waals surface area contributed by atoms with Crippen LogP contribution in [-0.4, -0.2) is 26.6 Å². The highest BCUT2D eigenvalue weighted by molar-refractivity contribution is 14.0. The van der Waals surface area contributed by atoms with E-state index in [0.29, 0.717) is 0 Å². The molecule has 2 atom stereocenters. The van der Waals surface area contributed by atoms with Gasteiger partial charge >= 0.3 is 0 Å². The number of fused-ring (bicyclic) bond motifs is 4. The average Bonchev–Trinajstić information content (AvgIpc) is 3.53. The number of halogens is 4. The highest BCUT2D eigenvalue weighted by Crippen LogP contribution is 2.39. The molecule has 0 amide bonds. The molecular formula is C36H36I4N4O2. The van der Waals surface area contributed by atoms with Crippen LogP contribution in [0.25, 0.3) is 11.1 Å². The number of benzene rings is 4. The molecule has 6 nitrogen and oxygen atoms in total. The smallest absolute Gasteiger partial charge is 0.192 e. The summed E-state index contributed by atoms with van der Waals surface area (Å²) < 4.78 is 12.1. The number of nitrogens with one attached hydrogen (secondary N) is 2. The van der Waals surface area contributed by atoms with Gasteiger partial charge in [0.25, 0.3) is 0 Å². The Morgan fingerprint density at radius 3 is 1.30 bits per heavy atom. The van der Waals surface area contributed by atoms with Crippen molar-refractivity contribution >= 4 is 130 Å². The third-order valence-corrected chi connectivity index (χ3v) is 7.87. The normalized spacial score (nSPS) is 18.9. The third-order valence-electron chi connectivity index (χ3n) is 7.87. The van der Waals surface area contributed by atoms with E-state index < -0.39 is 0 Å². The number of hydrogen-bond acceptors (Lipinski definition) is 6. The van der Waals surface area contributed by atoms with E-state index in [4.69, 9.17) is 9.47 Å². The number of anilines is 4. The highest BCUT2D eigenvalue weighted by atomic mass is 127. The summed E-state index contributed by atoms with van der Waals surface area (Å²) in [5.74, 6) is 1.88. The monoisotopic (exact) mass is 1060 g/mol. The Labute approximate surface area is 339 Å². The molecule has 0 radical (unpaired) electrons. The Morgan fingerprint density at radius 1 is 0.522 bits per heavy atom. The molecule has 0 saturated heterocycles. The van der Waals surface area contributed by atoms with Crippen LogP contribution < -0.4 is 29.9 Å². The maximum atomic E-state index is 6.03. The van der Waals surface area contributed by atoms with E-state index in [1.54, 1.807) is 0 Å². The van der Waals surface area contributed by atoms with Gasteiger partial charge in [0, 0.05) is 49.0 Å². The third kappa shape index (κ3) is 7.81. The molecule has 4 heterocycles. The van der Waals surface area contributed by atoms with E-state index in [-0.39, 0.29) is 108 Å². The molecule has 46 heavy (non-hydrogen) atoms. The van der Waals surface area contributed by atoms with Crippen molar-refractivity contribution in [1.82, 2.24) is 0 Å². The minimum atomic E-state index is -0.0757. The lowest BCUT2D eigenvalue weighted by Gasteiger charge is -2.20. The molecule has 10 heteroatoms. The Bertz CT molecular complexity index is 1650. The second-order valence-corrected chi connectivity index (χ2v) is 10.5. The van der Waals surface area contributed by atoms with Crippen molar-refractivity contribution in [3.63, 3.8) is 0 Å². The predicted octanol–water partition coefficient (Wildman–Crippen LogP) is 10.2. The van der Waals surface area contributed by atoms with E-state index in [0.717, 1.165) is 34.2 Å². The van der Waals surface area contributed by atoms with Gasteiger partial charge in [-0.2, -0.15) is 0 Å². The number of likely N-dealkylation sites (N-methyl/N-ethyl adjacent to an activating group) is 2. The van der Waals surface area contributed by atoms with Gasteiger partial charge in [-0.1, -0.05) is 60.7 Å². The van der Waals surface area contributed by atoms with Crippen molar-refractivity contribution in [3.8, 4) is 11.5 Å². The Morgan fingerprint density at radius 2 is 0.891 bits per heavy atom. The molecule has 0 fully saturated rings. The van der Waals surface area contributed by atoms with Crippen LogP contribution >= 0.6 is 95.9 Å². The molecular weight excluding hydrogens is 1030 g/mol. The average molecular weight is 1060 g/mol. The summed E-state index contributed by atoms with van der Waals surface area (Å²) in [6.45, 7) is 0. The molecule has 0 aromatic heterocycles. The number of rotatable bonds is 2. The molecule has 0 bridgehead atoms. The van der Waals surface area contributed by atoms with Crippen molar-refractivity contribution in [2.24, 2.45) is 0 Å².